The summed E-state index contributed by atoms with van der Waals surface area (Å²) < 4.78 is 5.72. The lowest BCUT2D eigenvalue weighted by Crippen LogP contribution is -2.45. The van der Waals surface area contributed by atoms with Gasteiger partial charge in [0.15, 0.2) is 0 Å². The lowest BCUT2D eigenvalue weighted by atomic mass is 10.1. The van der Waals surface area contributed by atoms with Gasteiger partial charge in [0.2, 0.25) is 0 Å². The summed E-state index contributed by atoms with van der Waals surface area (Å²) in [6, 6.07) is 10.4. The van der Waals surface area contributed by atoms with Crippen molar-refractivity contribution in [1.29, 1.82) is 0 Å². The van der Waals surface area contributed by atoms with Crippen LogP contribution in [0, 0.1) is 0 Å². The van der Waals surface area contributed by atoms with E-state index < -0.39 is 0 Å². The third kappa shape index (κ3) is 6.05. The first-order valence-corrected chi connectivity index (χ1v) is 8.42. The minimum atomic E-state index is -0.311. The molecule has 0 radical (unpaired) electrons. The van der Waals surface area contributed by atoms with Gasteiger partial charge in [-0.05, 0) is 38.9 Å². The van der Waals surface area contributed by atoms with Crippen LogP contribution in [0.15, 0.2) is 30.3 Å². The Morgan fingerprint density at radius 1 is 1.36 bits per heavy atom. The number of aliphatic hydroxyl groups excluding tert-OH is 1. The second-order valence-electron chi connectivity index (χ2n) is 6.32. The summed E-state index contributed by atoms with van der Waals surface area (Å²) in [5, 5.41) is 10.3. The number of ether oxygens (including phenoxy) is 1. The summed E-state index contributed by atoms with van der Waals surface area (Å²) in [5.41, 5.74) is 1.28. The SMILES string of the molecule is CCOC1CCCN(CC(O)CN(C)Cc2ccccc2)C1. The molecule has 1 heterocycles. The monoisotopic (exact) mass is 306 g/mol. The first-order chi connectivity index (χ1) is 10.7. The molecule has 0 bridgehead atoms. The molecule has 1 aliphatic heterocycles. The van der Waals surface area contributed by atoms with Gasteiger partial charge in [-0.25, -0.2) is 0 Å². The Balaban J connectivity index is 1.71. The van der Waals surface area contributed by atoms with Gasteiger partial charge in [-0.15, -0.1) is 0 Å². The molecule has 2 atom stereocenters. The number of β-amino-alcohol motifs (C(OH)–C–C–N with tert-alkyl or cyclic N) is 1. The molecule has 124 valence electrons. The quantitative estimate of drug-likeness (QED) is 0.797. The maximum Gasteiger partial charge on any atom is 0.0793 e. The molecule has 0 aliphatic carbocycles. The highest BCUT2D eigenvalue weighted by Crippen LogP contribution is 2.13. The highest BCUT2D eigenvalue weighted by molar-refractivity contribution is 5.14. The van der Waals surface area contributed by atoms with Gasteiger partial charge in [0.1, 0.15) is 0 Å². The van der Waals surface area contributed by atoms with Crippen LogP contribution < -0.4 is 0 Å². The second kappa shape index (κ2) is 9.26. The van der Waals surface area contributed by atoms with Crippen LogP contribution in [0.3, 0.4) is 0 Å². The Hall–Kier alpha value is -0.940. The standard InChI is InChI=1S/C18H30N2O2/c1-3-22-18-10-7-11-20(15-18)14-17(21)13-19(2)12-16-8-5-4-6-9-16/h4-6,8-9,17-18,21H,3,7,10-15H2,1-2H3. The molecule has 1 N–H and O–H groups in total. The number of likely N-dealkylation sites (tertiary alicyclic amines) is 1. The normalized spacial score (nSPS) is 21.2. The molecule has 1 saturated heterocycles. The van der Waals surface area contributed by atoms with E-state index in [1.807, 2.05) is 13.0 Å². The van der Waals surface area contributed by atoms with Crippen LogP contribution in [0.25, 0.3) is 0 Å². The molecular weight excluding hydrogens is 276 g/mol. The fraction of sp³-hybridized carbons (Fsp3) is 0.667. The van der Waals surface area contributed by atoms with Crippen molar-refractivity contribution < 1.29 is 9.84 Å². The lowest BCUT2D eigenvalue weighted by molar-refractivity contribution is -0.0102. The van der Waals surface area contributed by atoms with Gasteiger partial charge in [0, 0.05) is 32.8 Å². The number of hydrogen-bond acceptors (Lipinski definition) is 4. The van der Waals surface area contributed by atoms with E-state index in [9.17, 15) is 5.11 Å². The summed E-state index contributed by atoms with van der Waals surface area (Å²) in [7, 11) is 2.06. The average molecular weight is 306 g/mol. The lowest BCUT2D eigenvalue weighted by Gasteiger charge is -2.34. The average Bonchev–Trinajstić information content (AvgIpc) is 2.48. The summed E-state index contributed by atoms with van der Waals surface area (Å²) in [6.45, 7) is 7.16. The number of piperidine rings is 1. The third-order valence-corrected chi connectivity index (χ3v) is 4.15. The van der Waals surface area contributed by atoms with E-state index in [0.29, 0.717) is 12.6 Å². The highest BCUT2D eigenvalue weighted by atomic mass is 16.5. The molecule has 0 saturated carbocycles. The summed E-state index contributed by atoms with van der Waals surface area (Å²) in [4.78, 5) is 4.52. The van der Waals surface area contributed by atoms with Gasteiger partial charge in [0.25, 0.3) is 0 Å². The molecule has 1 fully saturated rings. The van der Waals surface area contributed by atoms with E-state index >= 15 is 0 Å². The maximum atomic E-state index is 10.3. The Bertz CT molecular complexity index is 411. The van der Waals surface area contributed by atoms with E-state index in [2.05, 4.69) is 41.1 Å². The van der Waals surface area contributed by atoms with E-state index in [0.717, 1.165) is 45.6 Å². The molecular formula is C18H30N2O2. The van der Waals surface area contributed by atoms with Crippen molar-refractivity contribution >= 4 is 0 Å². The van der Waals surface area contributed by atoms with Crippen LogP contribution in [0.1, 0.15) is 25.3 Å². The van der Waals surface area contributed by atoms with Crippen molar-refractivity contribution in [3.8, 4) is 0 Å². The molecule has 4 nitrogen and oxygen atoms in total. The first-order valence-electron chi connectivity index (χ1n) is 8.42. The number of aliphatic hydroxyl groups is 1. The molecule has 1 aromatic carbocycles. The number of nitrogens with zero attached hydrogens (tertiary/aromatic N) is 2. The number of likely N-dealkylation sites (N-methyl/N-ethyl adjacent to an activating group) is 1. The van der Waals surface area contributed by atoms with Crippen molar-refractivity contribution in [2.45, 2.75) is 38.5 Å². The van der Waals surface area contributed by atoms with E-state index in [-0.39, 0.29) is 6.10 Å². The van der Waals surface area contributed by atoms with Crippen LogP contribution in [0.4, 0.5) is 0 Å². The smallest absolute Gasteiger partial charge is 0.0793 e. The predicted octanol–water partition coefficient (Wildman–Crippen LogP) is 1.98. The topological polar surface area (TPSA) is 35.9 Å². The number of rotatable bonds is 8. The van der Waals surface area contributed by atoms with Crippen molar-refractivity contribution in [3.05, 3.63) is 35.9 Å². The van der Waals surface area contributed by atoms with Crippen molar-refractivity contribution in [1.82, 2.24) is 9.80 Å². The maximum absolute atomic E-state index is 10.3. The molecule has 0 aromatic heterocycles. The fourth-order valence-corrected chi connectivity index (χ4v) is 3.23. The van der Waals surface area contributed by atoms with Crippen molar-refractivity contribution in [2.75, 3.05) is 39.8 Å². The predicted molar refractivity (Wildman–Crippen MR) is 89.9 cm³/mol. The molecule has 1 aliphatic rings. The molecule has 2 rings (SSSR count). The van der Waals surface area contributed by atoms with Crippen molar-refractivity contribution in [3.63, 3.8) is 0 Å². The third-order valence-electron chi connectivity index (χ3n) is 4.15. The van der Waals surface area contributed by atoms with Crippen molar-refractivity contribution in [2.24, 2.45) is 0 Å². The molecule has 1 aromatic rings. The summed E-state index contributed by atoms with van der Waals surface area (Å²) in [6.07, 6.45) is 2.34. The Morgan fingerprint density at radius 2 is 2.14 bits per heavy atom. The molecule has 0 amide bonds. The zero-order valence-electron chi connectivity index (χ0n) is 13.9. The van der Waals surface area contributed by atoms with Crippen LogP contribution >= 0.6 is 0 Å². The van der Waals surface area contributed by atoms with Crippen LogP contribution in [0.5, 0.6) is 0 Å². The molecule has 2 unspecified atom stereocenters. The zero-order valence-corrected chi connectivity index (χ0v) is 13.9. The van der Waals surface area contributed by atoms with E-state index in [1.54, 1.807) is 0 Å². The Morgan fingerprint density at radius 3 is 2.86 bits per heavy atom. The minimum absolute atomic E-state index is 0.311. The van der Waals surface area contributed by atoms with Gasteiger partial charge in [-0.2, -0.15) is 0 Å². The first kappa shape index (κ1) is 17.4. The number of hydrogen-bond donors (Lipinski definition) is 1. The summed E-state index contributed by atoms with van der Waals surface area (Å²) in [5.74, 6) is 0. The number of benzene rings is 1. The highest BCUT2D eigenvalue weighted by Gasteiger charge is 2.22. The van der Waals surface area contributed by atoms with E-state index in [4.69, 9.17) is 4.74 Å². The van der Waals surface area contributed by atoms with Crippen LogP contribution in [-0.2, 0) is 11.3 Å². The van der Waals surface area contributed by atoms with Gasteiger partial charge < -0.3 is 9.84 Å². The Labute approximate surface area is 134 Å². The summed E-state index contributed by atoms with van der Waals surface area (Å²) >= 11 is 0. The molecule has 22 heavy (non-hydrogen) atoms. The fourth-order valence-electron chi connectivity index (χ4n) is 3.23. The second-order valence-corrected chi connectivity index (χ2v) is 6.32. The zero-order chi connectivity index (χ0) is 15.8. The van der Waals surface area contributed by atoms with Gasteiger partial charge in [-0.3, -0.25) is 9.80 Å². The van der Waals surface area contributed by atoms with Gasteiger partial charge in [0.05, 0.1) is 12.2 Å². The molecule has 4 heteroatoms. The van der Waals surface area contributed by atoms with Crippen LogP contribution in [0.2, 0.25) is 0 Å². The van der Waals surface area contributed by atoms with Gasteiger partial charge in [-0.1, -0.05) is 30.3 Å². The van der Waals surface area contributed by atoms with Crippen LogP contribution in [-0.4, -0.2) is 66.9 Å². The van der Waals surface area contributed by atoms with E-state index in [1.165, 1.54) is 5.56 Å². The minimum Gasteiger partial charge on any atom is -0.390 e. The largest absolute Gasteiger partial charge is 0.390 e. The van der Waals surface area contributed by atoms with Gasteiger partial charge >= 0.3 is 0 Å². The molecule has 0 spiro atoms. The Kier molecular flexibility index (Phi) is 7.33.